The van der Waals surface area contributed by atoms with Gasteiger partial charge < -0.3 is 10.6 Å². The number of hydrogen-bond acceptors (Lipinski definition) is 4. The van der Waals surface area contributed by atoms with Gasteiger partial charge in [0.2, 0.25) is 11.8 Å². The Morgan fingerprint density at radius 1 is 0.949 bits per heavy atom. The van der Waals surface area contributed by atoms with Gasteiger partial charge in [-0.2, -0.15) is 26.3 Å². The van der Waals surface area contributed by atoms with Crippen LogP contribution in [0.3, 0.4) is 0 Å². The fourth-order valence-electron chi connectivity index (χ4n) is 3.37. The molecule has 1 unspecified atom stereocenters. The average molecular weight is 550 g/mol. The van der Waals surface area contributed by atoms with Crippen molar-refractivity contribution in [3.63, 3.8) is 0 Å². The van der Waals surface area contributed by atoms with Crippen LogP contribution >= 0.6 is 0 Å². The van der Waals surface area contributed by atoms with Crippen LogP contribution in [0.5, 0.6) is 0 Å². The molecule has 0 aliphatic rings. The normalized spacial score (nSPS) is 12.1. The lowest BCUT2D eigenvalue weighted by atomic mass is 9.86. The first-order valence-corrected chi connectivity index (χ1v) is 10.9. The van der Waals surface area contributed by atoms with Crippen LogP contribution < -0.4 is 10.6 Å². The van der Waals surface area contributed by atoms with Crippen molar-refractivity contribution in [1.82, 2.24) is 15.5 Å². The maximum absolute atomic E-state index is 13.8. The molecule has 13 heteroatoms. The molecule has 1 atom stereocenters. The highest BCUT2D eigenvalue weighted by atomic mass is 19.4. The molecular weight excluding hydrogens is 533 g/mol. The molecule has 0 saturated carbocycles. The minimum atomic E-state index is -5.23. The predicted octanol–water partition coefficient (Wildman–Crippen LogP) is 5.08. The fraction of sp³-hybridized carbons (Fsp3) is 0.154. The molecule has 0 aliphatic carbocycles. The van der Waals surface area contributed by atoms with Crippen LogP contribution in [0.2, 0.25) is 0 Å². The van der Waals surface area contributed by atoms with Gasteiger partial charge in [0.15, 0.2) is 5.82 Å². The highest BCUT2D eigenvalue weighted by Gasteiger charge is 2.41. The van der Waals surface area contributed by atoms with Crippen LogP contribution in [0, 0.1) is 17.7 Å². The van der Waals surface area contributed by atoms with Crippen LogP contribution in [0.4, 0.5) is 36.6 Å². The highest BCUT2D eigenvalue weighted by Crippen LogP contribution is 2.41. The first-order chi connectivity index (χ1) is 18.3. The van der Waals surface area contributed by atoms with Gasteiger partial charge >= 0.3 is 12.4 Å². The van der Waals surface area contributed by atoms with Crippen molar-refractivity contribution in [2.24, 2.45) is 0 Å². The lowest BCUT2D eigenvalue weighted by Crippen LogP contribution is -2.32. The van der Waals surface area contributed by atoms with Gasteiger partial charge in [-0.15, -0.1) is 10.2 Å². The number of carbonyl (C=O) groups is 2. The summed E-state index contributed by atoms with van der Waals surface area (Å²) in [7, 11) is 0. The van der Waals surface area contributed by atoms with Gasteiger partial charge in [-0.25, -0.2) is 4.39 Å². The van der Waals surface area contributed by atoms with Crippen molar-refractivity contribution in [2.45, 2.75) is 18.3 Å². The van der Waals surface area contributed by atoms with Crippen LogP contribution in [0.1, 0.15) is 33.9 Å². The molecule has 2 N–H and O–H groups in total. The number of alkyl halides is 6. The molecular formula is C26H17F7N4O2. The van der Waals surface area contributed by atoms with Crippen molar-refractivity contribution in [3.05, 3.63) is 101 Å². The molecule has 0 fully saturated rings. The van der Waals surface area contributed by atoms with Gasteiger partial charge in [0.05, 0.1) is 23.6 Å². The van der Waals surface area contributed by atoms with E-state index in [0.29, 0.717) is 12.1 Å². The second kappa shape index (κ2) is 11.8. The molecule has 0 saturated heterocycles. The Kier molecular flexibility index (Phi) is 8.70. The molecule has 1 aromatic heterocycles. The third-order valence-electron chi connectivity index (χ3n) is 5.13. The SMILES string of the molecule is C=CC(=O)Nc1ccc(C#CCNC(=O)C(c2ccc(F)cc2)c2ccc(C(F)(F)F)cc2C(F)(F)F)nn1. The Labute approximate surface area is 216 Å². The van der Waals surface area contributed by atoms with E-state index in [1.807, 2.05) is 0 Å². The predicted molar refractivity (Wildman–Crippen MR) is 125 cm³/mol. The van der Waals surface area contributed by atoms with E-state index in [1.54, 1.807) is 0 Å². The maximum Gasteiger partial charge on any atom is 0.416 e. The zero-order valence-corrected chi connectivity index (χ0v) is 19.6. The number of anilines is 1. The molecule has 3 rings (SSSR count). The smallest absolute Gasteiger partial charge is 0.344 e. The van der Waals surface area contributed by atoms with E-state index in [4.69, 9.17) is 0 Å². The minimum absolute atomic E-state index is 0.0707. The number of hydrogen-bond donors (Lipinski definition) is 2. The quantitative estimate of drug-likeness (QED) is 0.255. The number of amides is 2. The molecule has 202 valence electrons. The fourth-order valence-corrected chi connectivity index (χ4v) is 3.37. The van der Waals surface area contributed by atoms with E-state index in [2.05, 4.69) is 39.3 Å². The summed E-state index contributed by atoms with van der Waals surface area (Å²) >= 11 is 0. The monoisotopic (exact) mass is 550 g/mol. The number of carbonyl (C=O) groups excluding carboxylic acids is 2. The van der Waals surface area contributed by atoms with E-state index >= 15 is 0 Å². The van der Waals surface area contributed by atoms with Gasteiger partial charge in [0, 0.05) is 0 Å². The third kappa shape index (κ3) is 7.64. The summed E-state index contributed by atoms with van der Waals surface area (Å²) in [6.45, 7) is 2.91. The summed E-state index contributed by atoms with van der Waals surface area (Å²) in [5.74, 6) is 1.20. The summed E-state index contributed by atoms with van der Waals surface area (Å²) in [5, 5.41) is 12.2. The summed E-state index contributed by atoms with van der Waals surface area (Å²) in [5.41, 5.74) is -3.91. The molecule has 2 amide bonds. The van der Waals surface area contributed by atoms with E-state index in [1.165, 1.54) is 12.1 Å². The van der Waals surface area contributed by atoms with Crippen LogP contribution in [0.25, 0.3) is 0 Å². The lowest BCUT2D eigenvalue weighted by Gasteiger charge is -2.22. The van der Waals surface area contributed by atoms with Gasteiger partial charge in [-0.1, -0.05) is 30.7 Å². The van der Waals surface area contributed by atoms with Crippen molar-refractivity contribution >= 4 is 17.6 Å². The van der Waals surface area contributed by atoms with Crippen molar-refractivity contribution in [2.75, 3.05) is 11.9 Å². The number of nitrogens with one attached hydrogen (secondary N) is 2. The Morgan fingerprint density at radius 2 is 1.64 bits per heavy atom. The summed E-state index contributed by atoms with van der Waals surface area (Å²) in [6, 6.07) is 7.68. The molecule has 0 spiro atoms. The van der Waals surface area contributed by atoms with Crippen molar-refractivity contribution in [3.8, 4) is 11.8 Å². The van der Waals surface area contributed by atoms with E-state index < -0.39 is 52.6 Å². The first kappa shape index (κ1) is 28.8. The first-order valence-electron chi connectivity index (χ1n) is 10.9. The zero-order chi connectivity index (χ0) is 28.8. The number of nitrogens with zero attached hydrogens (tertiary/aromatic N) is 2. The molecule has 39 heavy (non-hydrogen) atoms. The molecule has 2 aromatic carbocycles. The van der Waals surface area contributed by atoms with Crippen LogP contribution in [0.15, 0.2) is 67.3 Å². The maximum atomic E-state index is 13.8. The van der Waals surface area contributed by atoms with Gasteiger partial charge in [0.25, 0.3) is 0 Å². The Bertz CT molecular complexity index is 1420. The second-order valence-corrected chi connectivity index (χ2v) is 7.80. The second-order valence-electron chi connectivity index (χ2n) is 7.80. The van der Waals surface area contributed by atoms with Crippen molar-refractivity contribution in [1.29, 1.82) is 0 Å². The Morgan fingerprint density at radius 3 is 2.21 bits per heavy atom. The molecule has 0 aliphatic heterocycles. The molecule has 1 heterocycles. The Hall–Kier alpha value is -4.73. The number of rotatable bonds is 6. The highest BCUT2D eigenvalue weighted by molar-refractivity contribution is 5.98. The van der Waals surface area contributed by atoms with E-state index in [-0.39, 0.29) is 29.7 Å². The molecule has 6 nitrogen and oxygen atoms in total. The number of benzene rings is 2. The number of aromatic nitrogens is 2. The molecule has 0 radical (unpaired) electrons. The Balaban J connectivity index is 1.89. The summed E-state index contributed by atoms with van der Waals surface area (Å²) in [4.78, 5) is 24.3. The number of halogens is 7. The lowest BCUT2D eigenvalue weighted by molar-refractivity contribution is -0.143. The summed E-state index contributed by atoms with van der Waals surface area (Å²) in [6.07, 6.45) is -9.26. The van der Waals surface area contributed by atoms with E-state index in [0.717, 1.165) is 30.3 Å². The van der Waals surface area contributed by atoms with Crippen molar-refractivity contribution < 1.29 is 40.3 Å². The molecule has 0 bridgehead atoms. The van der Waals surface area contributed by atoms with Gasteiger partial charge in [0.1, 0.15) is 11.5 Å². The third-order valence-corrected chi connectivity index (χ3v) is 5.13. The molecule has 3 aromatic rings. The minimum Gasteiger partial charge on any atom is -0.344 e. The zero-order valence-electron chi connectivity index (χ0n) is 19.6. The van der Waals surface area contributed by atoms with Crippen LogP contribution in [-0.4, -0.2) is 28.6 Å². The topological polar surface area (TPSA) is 84.0 Å². The summed E-state index contributed by atoms with van der Waals surface area (Å²) < 4.78 is 94.3. The standard InChI is InChI=1S/C26H17F7N4O2/c1-2-22(38)35-21-12-10-18(36-37-21)4-3-13-34-24(39)23(15-5-8-17(27)9-6-15)19-11-7-16(25(28,29)30)14-20(19)26(31,32)33/h2,5-12,14,23H,1,13H2,(H,34,39)(H,35,37,38). The van der Waals surface area contributed by atoms with Gasteiger partial charge in [-0.3, -0.25) is 9.59 Å². The van der Waals surface area contributed by atoms with Crippen LogP contribution in [-0.2, 0) is 21.9 Å². The van der Waals surface area contributed by atoms with Gasteiger partial charge in [-0.05, 0) is 59.5 Å². The largest absolute Gasteiger partial charge is 0.416 e. The average Bonchev–Trinajstić information content (AvgIpc) is 2.87. The van der Waals surface area contributed by atoms with E-state index in [9.17, 15) is 40.3 Å².